The first kappa shape index (κ1) is 18.7. The molecule has 0 unspecified atom stereocenters. The molecule has 0 radical (unpaired) electrons. The number of hydrogen-bond donors (Lipinski definition) is 2. The van der Waals surface area contributed by atoms with Gasteiger partial charge in [-0.3, -0.25) is 4.79 Å². The monoisotopic (exact) mass is 416 g/mol. The third-order valence-electron chi connectivity index (χ3n) is 4.86. The maximum absolute atomic E-state index is 12.6. The second-order valence-corrected chi connectivity index (χ2v) is 7.53. The van der Waals surface area contributed by atoms with E-state index < -0.39 is 0 Å². The number of nitrogens with one attached hydrogen (secondary N) is 1. The largest absolute Gasteiger partial charge is 0.397 e. The van der Waals surface area contributed by atoms with Gasteiger partial charge in [-0.15, -0.1) is 0 Å². The summed E-state index contributed by atoms with van der Waals surface area (Å²) in [5.74, 6) is -0.163. The highest BCUT2D eigenvalue weighted by molar-refractivity contribution is 9.10. The number of piperazine rings is 1. The van der Waals surface area contributed by atoms with E-state index >= 15 is 0 Å². The first-order valence-electron chi connectivity index (χ1n) is 8.92. The minimum atomic E-state index is -0.163. The molecular formula is C20H25BrN4O. The summed E-state index contributed by atoms with van der Waals surface area (Å²) in [6.45, 7) is 9.43. The van der Waals surface area contributed by atoms with E-state index in [4.69, 9.17) is 5.73 Å². The van der Waals surface area contributed by atoms with Gasteiger partial charge in [-0.1, -0.05) is 28.9 Å². The number of hydrogen-bond acceptors (Lipinski definition) is 4. The van der Waals surface area contributed by atoms with Gasteiger partial charge < -0.3 is 20.9 Å². The summed E-state index contributed by atoms with van der Waals surface area (Å²) in [5.41, 5.74) is 10.3. The van der Waals surface area contributed by atoms with Crippen LogP contribution in [0.5, 0.6) is 0 Å². The van der Waals surface area contributed by atoms with Gasteiger partial charge in [-0.2, -0.15) is 0 Å². The van der Waals surface area contributed by atoms with E-state index in [1.165, 1.54) is 0 Å². The predicted molar refractivity (Wildman–Crippen MR) is 112 cm³/mol. The molecule has 1 aliphatic rings. The van der Waals surface area contributed by atoms with Crippen molar-refractivity contribution in [2.45, 2.75) is 13.8 Å². The molecule has 138 valence electrons. The molecule has 0 atom stereocenters. The molecule has 0 spiro atoms. The average Bonchev–Trinajstić information content (AvgIpc) is 2.64. The fourth-order valence-electron chi connectivity index (χ4n) is 3.30. The number of amides is 1. The maximum atomic E-state index is 12.6. The Morgan fingerprint density at radius 1 is 1.19 bits per heavy atom. The van der Waals surface area contributed by atoms with Gasteiger partial charge in [0.05, 0.1) is 11.4 Å². The van der Waals surface area contributed by atoms with Crippen molar-refractivity contribution < 1.29 is 4.79 Å². The smallest absolute Gasteiger partial charge is 0.255 e. The number of likely N-dealkylation sites (N-methyl/N-ethyl adjacent to an activating group) is 1. The van der Waals surface area contributed by atoms with Gasteiger partial charge in [0.25, 0.3) is 5.91 Å². The molecule has 3 N–H and O–H groups in total. The second kappa shape index (κ2) is 8.10. The predicted octanol–water partition coefficient (Wildman–Crippen LogP) is 3.73. The summed E-state index contributed by atoms with van der Waals surface area (Å²) < 4.78 is 0.872. The quantitative estimate of drug-likeness (QED) is 0.745. The van der Waals surface area contributed by atoms with Crippen molar-refractivity contribution >= 4 is 38.9 Å². The number of benzene rings is 2. The van der Waals surface area contributed by atoms with Crippen molar-refractivity contribution in [2.75, 3.05) is 48.7 Å². The molecule has 0 saturated carbocycles. The van der Waals surface area contributed by atoms with Gasteiger partial charge in [0.15, 0.2) is 0 Å². The van der Waals surface area contributed by atoms with Gasteiger partial charge in [0, 0.05) is 41.9 Å². The molecule has 1 heterocycles. The Balaban J connectivity index is 1.81. The Morgan fingerprint density at radius 2 is 1.92 bits per heavy atom. The van der Waals surface area contributed by atoms with E-state index in [0.29, 0.717) is 16.9 Å². The molecule has 26 heavy (non-hydrogen) atoms. The molecule has 5 nitrogen and oxygen atoms in total. The summed E-state index contributed by atoms with van der Waals surface area (Å²) in [6, 6.07) is 11.3. The Morgan fingerprint density at radius 3 is 2.58 bits per heavy atom. The number of nitrogens with two attached hydrogens (primary N) is 1. The summed E-state index contributed by atoms with van der Waals surface area (Å²) in [7, 11) is 0. The molecule has 2 aromatic rings. The molecule has 2 aromatic carbocycles. The number of halogens is 1. The molecule has 1 aliphatic heterocycles. The number of nitrogen functional groups attached to an aromatic ring is 1. The minimum Gasteiger partial charge on any atom is -0.397 e. The topological polar surface area (TPSA) is 61.6 Å². The van der Waals surface area contributed by atoms with Crippen LogP contribution in [0.3, 0.4) is 0 Å². The first-order chi connectivity index (χ1) is 12.5. The van der Waals surface area contributed by atoms with E-state index in [9.17, 15) is 4.79 Å². The van der Waals surface area contributed by atoms with Crippen LogP contribution < -0.4 is 16.0 Å². The summed E-state index contributed by atoms with van der Waals surface area (Å²) >= 11 is 3.40. The maximum Gasteiger partial charge on any atom is 0.255 e. The van der Waals surface area contributed by atoms with Gasteiger partial charge in [0.2, 0.25) is 0 Å². The number of anilines is 3. The fraction of sp³-hybridized carbons (Fsp3) is 0.350. The molecule has 3 rings (SSSR count). The van der Waals surface area contributed by atoms with E-state index in [1.807, 2.05) is 24.3 Å². The van der Waals surface area contributed by atoms with Crippen LogP contribution in [-0.4, -0.2) is 43.5 Å². The van der Waals surface area contributed by atoms with E-state index in [0.717, 1.165) is 48.4 Å². The number of carbonyl (C=O) groups excluding carboxylic acids is 1. The number of carbonyl (C=O) groups is 1. The van der Waals surface area contributed by atoms with E-state index in [1.54, 1.807) is 12.1 Å². The minimum absolute atomic E-state index is 0.163. The fourth-order valence-corrected chi connectivity index (χ4v) is 3.70. The number of nitrogens with zero attached hydrogens (tertiary/aromatic N) is 2. The van der Waals surface area contributed by atoms with E-state index in [-0.39, 0.29) is 5.91 Å². The van der Waals surface area contributed by atoms with Crippen molar-refractivity contribution in [1.29, 1.82) is 0 Å². The molecule has 0 aliphatic carbocycles. The zero-order chi connectivity index (χ0) is 18.7. The van der Waals surface area contributed by atoms with Crippen LogP contribution in [0, 0.1) is 6.92 Å². The van der Waals surface area contributed by atoms with Gasteiger partial charge >= 0.3 is 0 Å². The van der Waals surface area contributed by atoms with Gasteiger partial charge in [-0.25, -0.2) is 0 Å². The van der Waals surface area contributed by atoms with Crippen LogP contribution in [0.25, 0.3) is 0 Å². The Bertz CT molecular complexity index is 800. The Kier molecular flexibility index (Phi) is 5.84. The molecule has 0 bridgehead atoms. The lowest BCUT2D eigenvalue weighted by Gasteiger charge is -2.36. The lowest BCUT2D eigenvalue weighted by molar-refractivity contribution is 0.102. The average molecular weight is 417 g/mol. The Labute approximate surface area is 163 Å². The highest BCUT2D eigenvalue weighted by Gasteiger charge is 2.19. The summed E-state index contributed by atoms with van der Waals surface area (Å²) in [6.07, 6.45) is 0. The van der Waals surface area contributed by atoms with Gasteiger partial charge in [-0.05, 0) is 49.4 Å². The van der Waals surface area contributed by atoms with Crippen LogP contribution in [0.15, 0.2) is 40.9 Å². The molecular weight excluding hydrogens is 392 g/mol. The Hall–Kier alpha value is -2.05. The summed E-state index contributed by atoms with van der Waals surface area (Å²) in [5, 5.41) is 2.96. The molecule has 1 fully saturated rings. The highest BCUT2D eigenvalue weighted by Crippen LogP contribution is 2.31. The van der Waals surface area contributed by atoms with E-state index in [2.05, 4.69) is 44.9 Å². The van der Waals surface area contributed by atoms with Crippen LogP contribution in [0.1, 0.15) is 22.8 Å². The van der Waals surface area contributed by atoms with Crippen LogP contribution in [-0.2, 0) is 0 Å². The van der Waals surface area contributed by atoms with Crippen molar-refractivity contribution in [1.82, 2.24) is 4.90 Å². The summed E-state index contributed by atoms with van der Waals surface area (Å²) in [4.78, 5) is 17.4. The zero-order valence-electron chi connectivity index (χ0n) is 15.3. The first-order valence-corrected chi connectivity index (χ1v) is 9.71. The van der Waals surface area contributed by atoms with Crippen molar-refractivity contribution in [3.05, 3.63) is 52.0 Å². The van der Waals surface area contributed by atoms with Crippen LogP contribution >= 0.6 is 15.9 Å². The number of aryl methyl sites for hydroxylation is 1. The zero-order valence-corrected chi connectivity index (χ0v) is 16.8. The van der Waals surface area contributed by atoms with Crippen molar-refractivity contribution in [2.24, 2.45) is 0 Å². The standard InChI is InChI=1S/C20H25BrN4O/c1-3-24-7-9-25(10-8-24)19-13-18(17(22)11-14(19)2)23-20(26)15-5-4-6-16(21)12-15/h4-6,11-13H,3,7-10,22H2,1-2H3,(H,23,26). The highest BCUT2D eigenvalue weighted by atomic mass is 79.9. The third-order valence-corrected chi connectivity index (χ3v) is 5.36. The SMILES string of the molecule is CCN1CCN(c2cc(NC(=O)c3cccc(Br)c3)c(N)cc2C)CC1. The molecule has 1 amide bonds. The molecule has 1 saturated heterocycles. The second-order valence-electron chi connectivity index (χ2n) is 6.61. The van der Waals surface area contributed by atoms with Crippen molar-refractivity contribution in [3.63, 3.8) is 0 Å². The normalized spacial score (nSPS) is 15.1. The lowest BCUT2D eigenvalue weighted by atomic mass is 10.1. The van der Waals surface area contributed by atoms with Gasteiger partial charge in [0.1, 0.15) is 0 Å². The van der Waals surface area contributed by atoms with Crippen LogP contribution in [0.2, 0.25) is 0 Å². The van der Waals surface area contributed by atoms with Crippen LogP contribution in [0.4, 0.5) is 17.1 Å². The molecule has 6 heteroatoms. The van der Waals surface area contributed by atoms with Crippen molar-refractivity contribution in [3.8, 4) is 0 Å². The number of rotatable bonds is 4. The third kappa shape index (κ3) is 4.19. The lowest BCUT2D eigenvalue weighted by Crippen LogP contribution is -2.46. The molecule has 0 aromatic heterocycles.